The minimum absolute atomic E-state index is 0.0994. The van der Waals surface area contributed by atoms with Gasteiger partial charge in [0, 0.05) is 10.4 Å². The molecule has 104 valence electrons. The van der Waals surface area contributed by atoms with Gasteiger partial charge in [0.1, 0.15) is 11.3 Å². The third-order valence-electron chi connectivity index (χ3n) is 3.49. The van der Waals surface area contributed by atoms with Crippen LogP contribution in [0.2, 0.25) is 5.02 Å². The monoisotopic (exact) mass is 290 g/mol. The van der Waals surface area contributed by atoms with Crippen LogP contribution in [0.15, 0.2) is 42.5 Å². The standard InChI is InChI=1S/C16H15ClO3/c1-16(2,10-4-3-5-12(17)8-10)11-6-7-14(18)13(9-11)15(19)20/h3-9,18H,1-2H3,(H,19,20). The average molecular weight is 291 g/mol. The molecule has 0 aliphatic carbocycles. The summed E-state index contributed by atoms with van der Waals surface area (Å²) in [4.78, 5) is 11.1. The van der Waals surface area contributed by atoms with Gasteiger partial charge in [-0.15, -0.1) is 0 Å². The van der Waals surface area contributed by atoms with Gasteiger partial charge in [0.2, 0.25) is 0 Å². The molecule has 0 heterocycles. The van der Waals surface area contributed by atoms with Crippen LogP contribution in [-0.4, -0.2) is 16.2 Å². The Kier molecular flexibility index (Phi) is 3.73. The fourth-order valence-corrected chi connectivity index (χ4v) is 2.33. The van der Waals surface area contributed by atoms with E-state index in [1.54, 1.807) is 12.1 Å². The summed E-state index contributed by atoms with van der Waals surface area (Å²) in [6.07, 6.45) is 0. The zero-order chi connectivity index (χ0) is 14.9. The number of rotatable bonds is 3. The predicted octanol–water partition coefficient (Wildman–Crippen LogP) is 4.07. The lowest BCUT2D eigenvalue weighted by atomic mass is 9.77. The van der Waals surface area contributed by atoms with E-state index >= 15 is 0 Å². The topological polar surface area (TPSA) is 57.5 Å². The van der Waals surface area contributed by atoms with Gasteiger partial charge in [-0.05, 0) is 35.4 Å². The second-order valence-electron chi connectivity index (χ2n) is 5.17. The Balaban J connectivity index is 2.54. The van der Waals surface area contributed by atoms with Gasteiger partial charge in [-0.2, -0.15) is 0 Å². The van der Waals surface area contributed by atoms with Crippen molar-refractivity contribution in [3.8, 4) is 5.75 Å². The Morgan fingerprint density at radius 1 is 1.10 bits per heavy atom. The van der Waals surface area contributed by atoms with E-state index in [1.807, 2.05) is 32.0 Å². The smallest absolute Gasteiger partial charge is 0.339 e. The zero-order valence-corrected chi connectivity index (χ0v) is 12.0. The number of hydrogen-bond donors (Lipinski definition) is 2. The summed E-state index contributed by atoms with van der Waals surface area (Å²) < 4.78 is 0. The van der Waals surface area contributed by atoms with Crippen LogP contribution in [-0.2, 0) is 5.41 Å². The number of halogens is 1. The Hall–Kier alpha value is -2.00. The van der Waals surface area contributed by atoms with Gasteiger partial charge in [-0.1, -0.05) is 43.6 Å². The highest BCUT2D eigenvalue weighted by atomic mass is 35.5. The molecule has 20 heavy (non-hydrogen) atoms. The van der Waals surface area contributed by atoms with Crippen LogP contribution in [0.3, 0.4) is 0 Å². The molecule has 0 amide bonds. The van der Waals surface area contributed by atoms with Gasteiger partial charge in [0.05, 0.1) is 0 Å². The maximum absolute atomic E-state index is 11.1. The molecule has 4 heteroatoms. The number of carboxylic acid groups (broad SMARTS) is 1. The first kappa shape index (κ1) is 14.4. The summed E-state index contributed by atoms with van der Waals surface area (Å²) in [6.45, 7) is 3.97. The molecule has 2 N–H and O–H groups in total. The van der Waals surface area contributed by atoms with E-state index in [2.05, 4.69) is 0 Å². The number of hydrogen-bond acceptors (Lipinski definition) is 2. The Morgan fingerprint density at radius 2 is 1.75 bits per heavy atom. The van der Waals surface area contributed by atoms with Gasteiger partial charge in [0.25, 0.3) is 0 Å². The van der Waals surface area contributed by atoms with E-state index in [0.717, 1.165) is 11.1 Å². The molecule has 0 aromatic heterocycles. The Morgan fingerprint density at radius 3 is 2.35 bits per heavy atom. The number of carbonyl (C=O) groups is 1. The molecule has 2 aromatic carbocycles. The van der Waals surface area contributed by atoms with Gasteiger partial charge in [-0.25, -0.2) is 4.79 Å². The molecule has 0 radical (unpaired) electrons. The molecule has 0 saturated heterocycles. The minimum Gasteiger partial charge on any atom is -0.507 e. The van der Waals surface area contributed by atoms with Crippen LogP contribution >= 0.6 is 11.6 Å². The van der Waals surface area contributed by atoms with Crippen molar-refractivity contribution in [2.24, 2.45) is 0 Å². The Bertz CT molecular complexity index is 663. The molecule has 0 unspecified atom stereocenters. The number of carboxylic acids is 1. The number of benzene rings is 2. The van der Waals surface area contributed by atoms with Gasteiger partial charge >= 0.3 is 5.97 Å². The maximum Gasteiger partial charge on any atom is 0.339 e. The number of aromatic hydroxyl groups is 1. The van der Waals surface area contributed by atoms with Crippen molar-refractivity contribution in [1.82, 2.24) is 0 Å². The number of aromatic carboxylic acids is 1. The highest BCUT2D eigenvalue weighted by Gasteiger charge is 2.25. The molecular formula is C16H15ClO3. The van der Waals surface area contributed by atoms with Crippen LogP contribution in [0.5, 0.6) is 5.75 Å². The lowest BCUT2D eigenvalue weighted by Gasteiger charge is -2.26. The molecule has 3 nitrogen and oxygen atoms in total. The second kappa shape index (κ2) is 5.17. The van der Waals surface area contributed by atoms with Crippen molar-refractivity contribution in [2.45, 2.75) is 19.3 Å². The summed E-state index contributed by atoms with van der Waals surface area (Å²) in [5, 5.41) is 19.3. The van der Waals surface area contributed by atoms with Crippen molar-refractivity contribution in [3.05, 3.63) is 64.2 Å². The predicted molar refractivity (Wildman–Crippen MR) is 78.6 cm³/mol. The molecule has 2 rings (SSSR count). The summed E-state index contributed by atoms with van der Waals surface area (Å²) in [5.41, 5.74) is 1.27. The molecule has 0 spiro atoms. The molecule has 0 saturated carbocycles. The molecule has 0 aliphatic heterocycles. The zero-order valence-electron chi connectivity index (χ0n) is 11.2. The molecule has 0 bridgehead atoms. The third-order valence-corrected chi connectivity index (χ3v) is 3.73. The summed E-state index contributed by atoms with van der Waals surface area (Å²) in [5.74, 6) is -1.38. The first-order chi connectivity index (χ1) is 9.32. The molecule has 0 aliphatic rings. The molecule has 2 aromatic rings. The lowest BCUT2D eigenvalue weighted by Crippen LogP contribution is -2.19. The van der Waals surface area contributed by atoms with Gasteiger partial charge in [-0.3, -0.25) is 0 Å². The fourth-order valence-electron chi connectivity index (χ4n) is 2.14. The fraction of sp³-hybridized carbons (Fsp3) is 0.188. The van der Waals surface area contributed by atoms with Crippen molar-refractivity contribution in [3.63, 3.8) is 0 Å². The highest BCUT2D eigenvalue weighted by molar-refractivity contribution is 6.30. The largest absolute Gasteiger partial charge is 0.507 e. The molecule has 0 atom stereocenters. The van der Waals surface area contributed by atoms with Crippen molar-refractivity contribution < 1.29 is 15.0 Å². The maximum atomic E-state index is 11.1. The van der Waals surface area contributed by atoms with Crippen LogP contribution < -0.4 is 0 Å². The quantitative estimate of drug-likeness (QED) is 0.896. The SMILES string of the molecule is CC(C)(c1cccc(Cl)c1)c1ccc(O)c(C(=O)O)c1. The second-order valence-corrected chi connectivity index (χ2v) is 5.61. The molecular weight excluding hydrogens is 276 g/mol. The van der Waals surface area contributed by atoms with Crippen molar-refractivity contribution in [2.75, 3.05) is 0 Å². The van der Waals surface area contributed by atoms with Gasteiger partial charge in [0.15, 0.2) is 0 Å². The van der Waals surface area contributed by atoms with Crippen LogP contribution in [0, 0.1) is 0 Å². The summed E-state index contributed by atoms with van der Waals surface area (Å²) in [7, 11) is 0. The first-order valence-electron chi connectivity index (χ1n) is 6.15. The lowest BCUT2D eigenvalue weighted by molar-refractivity contribution is 0.0693. The third kappa shape index (κ3) is 2.63. The normalized spacial score (nSPS) is 11.3. The Labute approximate surface area is 122 Å². The minimum atomic E-state index is -1.15. The van der Waals surface area contributed by atoms with Gasteiger partial charge < -0.3 is 10.2 Å². The van der Waals surface area contributed by atoms with Crippen LogP contribution in [0.4, 0.5) is 0 Å². The first-order valence-corrected chi connectivity index (χ1v) is 6.53. The van der Waals surface area contributed by atoms with E-state index < -0.39 is 11.4 Å². The number of phenols is 1. The summed E-state index contributed by atoms with van der Waals surface area (Å²) >= 11 is 6.01. The van der Waals surface area contributed by atoms with Crippen LogP contribution in [0.25, 0.3) is 0 Å². The van der Waals surface area contributed by atoms with E-state index in [1.165, 1.54) is 12.1 Å². The molecule has 0 fully saturated rings. The van der Waals surface area contributed by atoms with E-state index in [9.17, 15) is 9.90 Å². The van der Waals surface area contributed by atoms with Crippen molar-refractivity contribution in [1.29, 1.82) is 0 Å². The van der Waals surface area contributed by atoms with Crippen molar-refractivity contribution >= 4 is 17.6 Å². The van der Waals surface area contributed by atoms with E-state index in [4.69, 9.17) is 16.7 Å². The van der Waals surface area contributed by atoms with Crippen LogP contribution in [0.1, 0.15) is 35.3 Å². The van der Waals surface area contributed by atoms with E-state index in [0.29, 0.717) is 5.02 Å². The van der Waals surface area contributed by atoms with E-state index in [-0.39, 0.29) is 11.3 Å². The summed E-state index contributed by atoms with van der Waals surface area (Å²) in [6, 6.07) is 12.1. The average Bonchev–Trinajstić information content (AvgIpc) is 2.38. The highest BCUT2D eigenvalue weighted by Crippen LogP contribution is 2.34.